The van der Waals surface area contributed by atoms with E-state index in [-0.39, 0.29) is 11.8 Å². The van der Waals surface area contributed by atoms with Crippen LogP contribution < -0.4 is 10.1 Å². The maximum absolute atomic E-state index is 12.9. The lowest BCUT2D eigenvalue weighted by atomic mass is 9.97. The van der Waals surface area contributed by atoms with E-state index in [4.69, 9.17) is 9.84 Å². The van der Waals surface area contributed by atoms with Crippen LogP contribution in [-0.2, 0) is 9.59 Å². The minimum absolute atomic E-state index is 0.193. The van der Waals surface area contributed by atoms with Gasteiger partial charge in [0.05, 0.1) is 18.6 Å². The molecule has 1 aliphatic heterocycles. The van der Waals surface area contributed by atoms with Crippen molar-refractivity contribution in [3.8, 4) is 11.4 Å². The van der Waals surface area contributed by atoms with Gasteiger partial charge in [-0.05, 0) is 63.9 Å². The minimum Gasteiger partial charge on any atom is -0.497 e. The summed E-state index contributed by atoms with van der Waals surface area (Å²) in [7, 11) is 1.61. The summed E-state index contributed by atoms with van der Waals surface area (Å²) in [4.78, 5) is 38.4. The molecule has 1 unspecified atom stereocenters. The average Bonchev–Trinajstić information content (AvgIpc) is 3.07. The van der Waals surface area contributed by atoms with E-state index in [1.165, 1.54) is 0 Å². The highest BCUT2D eigenvalue weighted by Gasteiger charge is 2.30. The van der Waals surface area contributed by atoms with Gasteiger partial charge in [0, 0.05) is 30.2 Å². The molecule has 2 heterocycles. The van der Waals surface area contributed by atoms with Gasteiger partial charge in [0.2, 0.25) is 5.91 Å². The summed E-state index contributed by atoms with van der Waals surface area (Å²) >= 11 is 0. The van der Waals surface area contributed by atoms with Gasteiger partial charge < -0.3 is 24.6 Å². The predicted octanol–water partition coefficient (Wildman–Crippen LogP) is 2.54. The van der Waals surface area contributed by atoms with Gasteiger partial charge in [0.25, 0.3) is 5.91 Å². The lowest BCUT2D eigenvalue weighted by molar-refractivity contribution is -0.146. The normalized spacial score (nSPS) is 15.4. The van der Waals surface area contributed by atoms with Gasteiger partial charge >= 0.3 is 5.97 Å². The minimum atomic E-state index is -0.819. The number of carboxylic acid groups (broad SMARTS) is 1. The van der Waals surface area contributed by atoms with E-state index in [0.717, 1.165) is 22.8 Å². The number of rotatable bonds is 6. The number of nitrogens with zero attached hydrogens (tertiary/aromatic N) is 2. The molecule has 0 bridgehead atoms. The highest BCUT2D eigenvalue weighted by atomic mass is 16.5. The second kappa shape index (κ2) is 9.24. The average molecular weight is 428 g/mol. The zero-order valence-electron chi connectivity index (χ0n) is 18.3. The van der Waals surface area contributed by atoms with Crippen LogP contribution in [0.1, 0.15) is 41.5 Å². The maximum Gasteiger partial charge on any atom is 0.306 e. The number of piperidine rings is 1. The summed E-state index contributed by atoms with van der Waals surface area (Å²) in [6.45, 7) is 6.24. The second-order valence-electron chi connectivity index (χ2n) is 7.95. The first kappa shape index (κ1) is 22.4. The zero-order chi connectivity index (χ0) is 22.7. The molecule has 0 spiro atoms. The Balaban J connectivity index is 1.69. The molecule has 31 heavy (non-hydrogen) atoms. The molecule has 8 nitrogen and oxygen atoms in total. The van der Waals surface area contributed by atoms with Crippen molar-refractivity contribution in [1.82, 2.24) is 14.8 Å². The number of methoxy groups -OCH3 is 1. The van der Waals surface area contributed by atoms with Crippen molar-refractivity contribution < 1.29 is 24.2 Å². The van der Waals surface area contributed by atoms with Crippen LogP contribution in [0.4, 0.5) is 0 Å². The van der Waals surface area contributed by atoms with Crippen molar-refractivity contribution in [2.24, 2.45) is 5.92 Å². The fourth-order valence-electron chi connectivity index (χ4n) is 4.08. The zero-order valence-corrected chi connectivity index (χ0v) is 18.3. The van der Waals surface area contributed by atoms with Crippen molar-refractivity contribution >= 4 is 17.8 Å². The summed E-state index contributed by atoms with van der Waals surface area (Å²) in [5.41, 5.74) is 3.11. The quantitative estimate of drug-likeness (QED) is 0.738. The van der Waals surface area contributed by atoms with Crippen molar-refractivity contribution in [3.63, 3.8) is 0 Å². The van der Waals surface area contributed by atoms with Crippen LogP contribution in [0.3, 0.4) is 0 Å². The summed E-state index contributed by atoms with van der Waals surface area (Å²) in [5.74, 6) is -0.975. The number of aliphatic carboxylic acids is 1. The molecule has 2 N–H and O–H groups in total. The summed E-state index contributed by atoms with van der Waals surface area (Å²) in [5, 5.41) is 11.9. The molecule has 0 saturated carbocycles. The van der Waals surface area contributed by atoms with Crippen molar-refractivity contribution in [2.75, 3.05) is 20.2 Å². The maximum atomic E-state index is 12.9. The van der Waals surface area contributed by atoms with Gasteiger partial charge in [0.1, 0.15) is 11.8 Å². The van der Waals surface area contributed by atoms with Gasteiger partial charge in [-0.3, -0.25) is 14.4 Å². The number of carbonyl (C=O) groups is 3. The van der Waals surface area contributed by atoms with Crippen LogP contribution >= 0.6 is 0 Å². The summed E-state index contributed by atoms with van der Waals surface area (Å²) in [6.07, 6.45) is 0.871. The molecule has 3 rings (SSSR count). The van der Waals surface area contributed by atoms with E-state index in [2.05, 4.69) is 5.32 Å². The number of hydrogen-bond acceptors (Lipinski definition) is 4. The number of carboxylic acids is 1. The molecule has 8 heteroatoms. The van der Waals surface area contributed by atoms with E-state index in [1.807, 2.05) is 48.7 Å². The lowest BCUT2D eigenvalue weighted by Gasteiger charge is -2.32. The Morgan fingerprint density at radius 2 is 1.74 bits per heavy atom. The summed E-state index contributed by atoms with van der Waals surface area (Å²) < 4.78 is 7.19. The van der Waals surface area contributed by atoms with E-state index in [9.17, 15) is 14.4 Å². The molecule has 1 aliphatic rings. The van der Waals surface area contributed by atoms with E-state index < -0.39 is 17.9 Å². The van der Waals surface area contributed by atoms with Crippen LogP contribution in [0.25, 0.3) is 5.69 Å². The fourth-order valence-corrected chi connectivity index (χ4v) is 4.08. The number of likely N-dealkylation sites (tertiary alicyclic amines) is 1. The van der Waals surface area contributed by atoms with Crippen LogP contribution in [0.5, 0.6) is 5.75 Å². The number of carbonyl (C=O) groups excluding carboxylic acids is 2. The third-order valence-electron chi connectivity index (χ3n) is 5.88. The van der Waals surface area contributed by atoms with Crippen LogP contribution in [0, 0.1) is 19.8 Å². The Bertz CT molecular complexity index is 972. The molecule has 1 aromatic carbocycles. The van der Waals surface area contributed by atoms with Crippen LogP contribution in [0.2, 0.25) is 0 Å². The first-order valence-corrected chi connectivity index (χ1v) is 10.4. The Morgan fingerprint density at radius 3 is 2.29 bits per heavy atom. The van der Waals surface area contributed by atoms with E-state index >= 15 is 0 Å². The SMILES string of the molecule is COc1ccc(-n2c(C)cc(C(=O)NC(C)C(=O)N3CCC(C(=O)O)CC3)c2C)cc1. The summed E-state index contributed by atoms with van der Waals surface area (Å²) in [6, 6.07) is 8.69. The third kappa shape index (κ3) is 4.73. The molecule has 1 atom stereocenters. The molecule has 1 aromatic heterocycles. The molecule has 2 amide bonds. The largest absolute Gasteiger partial charge is 0.497 e. The van der Waals surface area contributed by atoms with E-state index in [1.54, 1.807) is 18.9 Å². The Kier molecular flexibility index (Phi) is 6.68. The molecule has 166 valence electrons. The number of hydrogen-bond donors (Lipinski definition) is 2. The number of nitrogens with one attached hydrogen (secondary N) is 1. The molecule has 1 fully saturated rings. The van der Waals surface area contributed by atoms with Crippen molar-refractivity contribution in [1.29, 1.82) is 0 Å². The lowest BCUT2D eigenvalue weighted by Crippen LogP contribution is -2.50. The fraction of sp³-hybridized carbons (Fsp3) is 0.435. The highest BCUT2D eigenvalue weighted by Crippen LogP contribution is 2.23. The molecule has 0 aliphatic carbocycles. The number of amides is 2. The first-order chi connectivity index (χ1) is 14.7. The van der Waals surface area contributed by atoms with Gasteiger partial charge in [-0.1, -0.05) is 0 Å². The highest BCUT2D eigenvalue weighted by molar-refractivity contribution is 5.98. The number of benzene rings is 1. The van der Waals surface area contributed by atoms with Crippen LogP contribution in [0.15, 0.2) is 30.3 Å². The molecule has 0 radical (unpaired) electrons. The molecular weight excluding hydrogens is 398 g/mol. The van der Waals surface area contributed by atoms with Gasteiger partial charge in [-0.2, -0.15) is 0 Å². The van der Waals surface area contributed by atoms with Crippen molar-refractivity contribution in [3.05, 3.63) is 47.3 Å². The monoisotopic (exact) mass is 427 g/mol. The number of aromatic nitrogens is 1. The molecule has 2 aromatic rings. The molecular formula is C23H29N3O5. The first-order valence-electron chi connectivity index (χ1n) is 10.4. The smallest absolute Gasteiger partial charge is 0.306 e. The Morgan fingerprint density at radius 1 is 1.13 bits per heavy atom. The number of ether oxygens (including phenoxy) is 1. The topological polar surface area (TPSA) is 101 Å². The number of aryl methyl sites for hydroxylation is 1. The van der Waals surface area contributed by atoms with E-state index in [0.29, 0.717) is 31.5 Å². The second-order valence-corrected chi connectivity index (χ2v) is 7.95. The Hall–Kier alpha value is -3.29. The van der Waals surface area contributed by atoms with Gasteiger partial charge in [0.15, 0.2) is 0 Å². The van der Waals surface area contributed by atoms with Crippen LogP contribution in [-0.4, -0.2) is 58.6 Å². The van der Waals surface area contributed by atoms with Crippen molar-refractivity contribution in [2.45, 2.75) is 39.7 Å². The Labute approximate surface area is 181 Å². The third-order valence-corrected chi connectivity index (χ3v) is 5.88. The molecule has 1 saturated heterocycles. The van der Waals surface area contributed by atoms with Gasteiger partial charge in [-0.15, -0.1) is 0 Å². The predicted molar refractivity (Wildman–Crippen MR) is 116 cm³/mol. The van der Waals surface area contributed by atoms with Gasteiger partial charge in [-0.25, -0.2) is 0 Å². The standard InChI is InChI=1S/C23H29N3O5/c1-14-13-20(16(3)26(14)18-5-7-19(31-4)8-6-18)21(27)24-15(2)22(28)25-11-9-17(10-12-25)23(29)30/h5-8,13,15,17H,9-12H2,1-4H3,(H,24,27)(H,29,30).